The Labute approximate surface area is 114 Å². The normalized spacial score (nSPS) is 10.5. The Morgan fingerprint density at radius 1 is 1.05 bits per heavy atom. The van der Waals surface area contributed by atoms with Crippen LogP contribution in [0.5, 0.6) is 0 Å². The van der Waals surface area contributed by atoms with E-state index in [1.54, 1.807) is 6.07 Å². The number of Topliss-reactive ketones (excluding diaryl/α,β-unsaturated/α-hetero) is 1. The number of benzene rings is 2. The van der Waals surface area contributed by atoms with E-state index in [0.717, 1.165) is 0 Å². The first-order chi connectivity index (χ1) is 9.04. The zero-order valence-corrected chi connectivity index (χ0v) is 10.8. The first-order valence-corrected chi connectivity index (χ1v) is 6.12. The second-order valence-corrected chi connectivity index (χ2v) is 4.69. The lowest BCUT2D eigenvalue weighted by atomic mass is 10.0. The Kier molecular flexibility index (Phi) is 4.27. The molecule has 2 aromatic carbocycles. The minimum absolute atomic E-state index is 0.0527. The molecule has 0 unspecified atom stereocenters. The lowest BCUT2D eigenvalue weighted by Gasteiger charge is -2.04. The van der Waals surface area contributed by atoms with Crippen molar-refractivity contribution in [2.75, 3.05) is 0 Å². The molecule has 98 valence electrons. The van der Waals surface area contributed by atoms with E-state index < -0.39 is 5.82 Å². The summed E-state index contributed by atoms with van der Waals surface area (Å²) < 4.78 is 26.4. The second kappa shape index (κ2) is 5.93. The van der Waals surface area contributed by atoms with Gasteiger partial charge in [-0.15, -0.1) is 0 Å². The molecule has 0 aromatic heterocycles. The van der Waals surface area contributed by atoms with Gasteiger partial charge in [-0.05, 0) is 41.5 Å². The molecule has 2 rings (SSSR count). The molecule has 0 N–H and O–H groups in total. The third-order valence-corrected chi connectivity index (χ3v) is 2.92. The Morgan fingerprint density at radius 3 is 2.58 bits per heavy atom. The van der Waals surface area contributed by atoms with Gasteiger partial charge in [-0.2, -0.15) is 0 Å². The van der Waals surface area contributed by atoms with Crippen molar-refractivity contribution in [2.24, 2.45) is 0 Å². The molecule has 19 heavy (non-hydrogen) atoms. The van der Waals surface area contributed by atoms with Gasteiger partial charge in [0.05, 0.1) is 0 Å². The molecule has 0 atom stereocenters. The Bertz CT molecular complexity index is 611. The highest BCUT2D eigenvalue weighted by Gasteiger charge is 2.10. The van der Waals surface area contributed by atoms with E-state index in [-0.39, 0.29) is 30.0 Å². The summed E-state index contributed by atoms with van der Waals surface area (Å²) in [6, 6.07) is 9.90. The van der Waals surface area contributed by atoms with Gasteiger partial charge in [0.25, 0.3) is 0 Å². The van der Waals surface area contributed by atoms with Crippen LogP contribution < -0.4 is 0 Å². The van der Waals surface area contributed by atoms with Crippen LogP contribution in [-0.2, 0) is 17.6 Å². The number of rotatable bonds is 4. The van der Waals surface area contributed by atoms with Gasteiger partial charge in [-0.3, -0.25) is 4.79 Å². The van der Waals surface area contributed by atoms with Crippen LogP contribution >= 0.6 is 11.6 Å². The van der Waals surface area contributed by atoms with Crippen molar-refractivity contribution in [1.82, 2.24) is 0 Å². The molecular formula is C15H11ClF2O. The van der Waals surface area contributed by atoms with E-state index in [1.165, 1.54) is 36.4 Å². The lowest BCUT2D eigenvalue weighted by molar-refractivity contribution is -0.117. The molecule has 0 aliphatic carbocycles. The summed E-state index contributed by atoms with van der Waals surface area (Å²) in [5.74, 6) is -1.04. The van der Waals surface area contributed by atoms with E-state index in [4.69, 9.17) is 11.6 Å². The van der Waals surface area contributed by atoms with E-state index in [0.29, 0.717) is 10.6 Å². The molecule has 0 fully saturated rings. The SMILES string of the molecule is O=C(Cc1cccc(F)c1)Cc1cc(Cl)ccc1F. The number of halogens is 3. The number of ketones is 1. The first-order valence-electron chi connectivity index (χ1n) is 5.74. The number of hydrogen-bond donors (Lipinski definition) is 0. The second-order valence-electron chi connectivity index (χ2n) is 4.26. The predicted molar refractivity (Wildman–Crippen MR) is 70.2 cm³/mol. The van der Waals surface area contributed by atoms with Gasteiger partial charge in [0.2, 0.25) is 0 Å². The third-order valence-electron chi connectivity index (χ3n) is 2.69. The summed E-state index contributed by atoms with van der Waals surface area (Å²) in [6.07, 6.45) is 0.0205. The topological polar surface area (TPSA) is 17.1 Å². The lowest BCUT2D eigenvalue weighted by Crippen LogP contribution is -2.08. The van der Waals surface area contributed by atoms with Crippen LogP contribution in [0.4, 0.5) is 8.78 Å². The molecule has 0 spiro atoms. The highest BCUT2D eigenvalue weighted by atomic mass is 35.5. The minimum Gasteiger partial charge on any atom is -0.299 e. The first kappa shape index (κ1) is 13.7. The maximum absolute atomic E-state index is 13.5. The van der Waals surface area contributed by atoms with Crippen LogP contribution in [0.25, 0.3) is 0 Å². The smallest absolute Gasteiger partial charge is 0.141 e. The van der Waals surface area contributed by atoms with Gasteiger partial charge in [0.1, 0.15) is 17.4 Å². The number of carbonyl (C=O) groups is 1. The van der Waals surface area contributed by atoms with Gasteiger partial charge in [0.15, 0.2) is 0 Å². The molecule has 4 heteroatoms. The van der Waals surface area contributed by atoms with Crippen LogP contribution in [0.2, 0.25) is 5.02 Å². The summed E-state index contributed by atoms with van der Waals surface area (Å²) >= 11 is 5.75. The number of hydrogen-bond acceptors (Lipinski definition) is 1. The van der Waals surface area contributed by atoms with Crippen molar-refractivity contribution < 1.29 is 13.6 Å². The fraction of sp³-hybridized carbons (Fsp3) is 0.133. The molecule has 0 bridgehead atoms. The fourth-order valence-electron chi connectivity index (χ4n) is 1.83. The predicted octanol–water partition coefficient (Wildman–Crippen LogP) is 3.97. The van der Waals surface area contributed by atoms with Gasteiger partial charge >= 0.3 is 0 Å². The maximum Gasteiger partial charge on any atom is 0.141 e. The molecule has 0 aliphatic heterocycles. The van der Waals surface area contributed by atoms with Crippen LogP contribution in [0.15, 0.2) is 42.5 Å². The van der Waals surface area contributed by atoms with Crippen molar-refractivity contribution in [1.29, 1.82) is 0 Å². The van der Waals surface area contributed by atoms with Crippen molar-refractivity contribution in [2.45, 2.75) is 12.8 Å². The Hall–Kier alpha value is -1.74. The Morgan fingerprint density at radius 2 is 1.84 bits per heavy atom. The molecule has 0 saturated heterocycles. The van der Waals surface area contributed by atoms with Crippen LogP contribution in [0, 0.1) is 11.6 Å². The zero-order chi connectivity index (χ0) is 13.8. The van der Waals surface area contributed by atoms with E-state index >= 15 is 0 Å². The zero-order valence-electron chi connectivity index (χ0n) is 10.00. The minimum atomic E-state index is -0.461. The summed E-state index contributed by atoms with van der Waals surface area (Å²) in [7, 11) is 0. The number of carbonyl (C=O) groups excluding carboxylic acids is 1. The highest BCUT2D eigenvalue weighted by molar-refractivity contribution is 6.30. The average molecular weight is 281 g/mol. The third kappa shape index (κ3) is 3.86. The molecule has 0 saturated carbocycles. The molecule has 2 aromatic rings. The van der Waals surface area contributed by atoms with Crippen molar-refractivity contribution in [3.8, 4) is 0 Å². The molecule has 1 nitrogen and oxygen atoms in total. The van der Waals surface area contributed by atoms with Gasteiger partial charge in [0, 0.05) is 17.9 Å². The molecule has 0 radical (unpaired) electrons. The van der Waals surface area contributed by atoms with E-state index in [1.807, 2.05) is 0 Å². The summed E-state index contributed by atoms with van der Waals surface area (Å²) in [5.41, 5.74) is 0.835. The Balaban J connectivity index is 2.07. The standard InChI is InChI=1S/C15H11ClF2O/c16-12-4-5-15(18)11(8-12)9-14(19)7-10-2-1-3-13(17)6-10/h1-6,8H,7,9H2. The monoisotopic (exact) mass is 280 g/mol. The van der Waals surface area contributed by atoms with Crippen LogP contribution in [0.3, 0.4) is 0 Å². The van der Waals surface area contributed by atoms with Crippen molar-refractivity contribution in [3.05, 3.63) is 70.2 Å². The van der Waals surface area contributed by atoms with Crippen molar-refractivity contribution >= 4 is 17.4 Å². The summed E-state index contributed by atoms with van der Waals surface area (Å²) in [6.45, 7) is 0. The van der Waals surface area contributed by atoms with Crippen molar-refractivity contribution in [3.63, 3.8) is 0 Å². The van der Waals surface area contributed by atoms with Crippen LogP contribution in [-0.4, -0.2) is 5.78 Å². The van der Waals surface area contributed by atoms with Gasteiger partial charge in [-0.1, -0.05) is 23.7 Å². The highest BCUT2D eigenvalue weighted by Crippen LogP contribution is 2.16. The van der Waals surface area contributed by atoms with Crippen LogP contribution in [0.1, 0.15) is 11.1 Å². The molecular weight excluding hydrogens is 270 g/mol. The summed E-state index contributed by atoms with van der Waals surface area (Å²) in [5, 5.41) is 0.384. The van der Waals surface area contributed by atoms with Gasteiger partial charge < -0.3 is 0 Å². The van der Waals surface area contributed by atoms with Gasteiger partial charge in [-0.25, -0.2) is 8.78 Å². The average Bonchev–Trinajstić information content (AvgIpc) is 2.34. The quantitative estimate of drug-likeness (QED) is 0.828. The maximum atomic E-state index is 13.5. The largest absolute Gasteiger partial charge is 0.299 e. The molecule has 0 aliphatic rings. The molecule has 0 heterocycles. The molecule has 0 amide bonds. The van der Waals surface area contributed by atoms with E-state index in [9.17, 15) is 13.6 Å². The summed E-state index contributed by atoms with van der Waals surface area (Å²) in [4.78, 5) is 11.8. The van der Waals surface area contributed by atoms with E-state index in [2.05, 4.69) is 0 Å². The fourth-order valence-corrected chi connectivity index (χ4v) is 2.02.